The largest absolute Gasteiger partial charge is 0.416 e. The van der Waals surface area contributed by atoms with Gasteiger partial charge in [0.15, 0.2) is 6.10 Å². The minimum Gasteiger partial charge on any atom is -0.382 e. The Morgan fingerprint density at radius 1 is 1.22 bits per heavy atom. The highest BCUT2D eigenvalue weighted by atomic mass is 35.5. The summed E-state index contributed by atoms with van der Waals surface area (Å²) in [6, 6.07) is 15.2. The van der Waals surface area contributed by atoms with Crippen molar-refractivity contribution >= 4 is 17.5 Å². The molecular weight excluding hydrogens is 449 g/mol. The van der Waals surface area contributed by atoms with Crippen molar-refractivity contribution in [2.75, 3.05) is 6.54 Å². The Bertz CT molecular complexity index is 1250. The molecule has 1 atom stereocenters. The summed E-state index contributed by atoms with van der Waals surface area (Å²) < 4.78 is 38.5. The summed E-state index contributed by atoms with van der Waals surface area (Å²) in [5.74, 6) is -1.12. The Hall–Kier alpha value is -3.68. The van der Waals surface area contributed by atoms with E-state index in [1.807, 2.05) is 11.4 Å². The molecule has 11 heteroatoms. The fraction of sp³-hybridized carbons (Fsp3) is 0.143. The van der Waals surface area contributed by atoms with Crippen LogP contribution in [-0.4, -0.2) is 39.6 Å². The highest BCUT2D eigenvalue weighted by Gasteiger charge is 2.38. The van der Waals surface area contributed by atoms with Crippen LogP contribution in [0.4, 0.5) is 13.2 Å². The SMILES string of the molecule is N#Cc1cccc(-n2nc(-c3ccc(Cl)cc3)cc(C(=O)NCC(O)C(F)(F)F)c2=O)c1. The van der Waals surface area contributed by atoms with Crippen LogP contribution in [0.1, 0.15) is 15.9 Å². The predicted octanol–water partition coefficient (Wildman–Crippen LogP) is 3.08. The maximum atomic E-state index is 12.9. The molecule has 3 aromatic rings. The molecule has 0 saturated heterocycles. The van der Waals surface area contributed by atoms with E-state index >= 15 is 0 Å². The van der Waals surface area contributed by atoms with Crippen molar-refractivity contribution in [1.29, 1.82) is 5.26 Å². The number of aromatic nitrogens is 2. The maximum Gasteiger partial charge on any atom is 0.416 e. The van der Waals surface area contributed by atoms with Crippen LogP contribution in [0.5, 0.6) is 0 Å². The van der Waals surface area contributed by atoms with Crippen molar-refractivity contribution in [3.63, 3.8) is 0 Å². The summed E-state index contributed by atoms with van der Waals surface area (Å²) in [4.78, 5) is 25.5. The van der Waals surface area contributed by atoms with Gasteiger partial charge in [0.05, 0.1) is 29.6 Å². The van der Waals surface area contributed by atoms with Crippen LogP contribution in [0.15, 0.2) is 59.4 Å². The molecular formula is C21H14ClF3N4O3. The molecule has 0 fully saturated rings. The number of benzene rings is 2. The number of carbonyl (C=O) groups is 1. The van der Waals surface area contributed by atoms with Crippen molar-refractivity contribution in [2.45, 2.75) is 12.3 Å². The van der Waals surface area contributed by atoms with E-state index in [2.05, 4.69) is 5.10 Å². The van der Waals surface area contributed by atoms with E-state index in [1.165, 1.54) is 24.3 Å². The zero-order valence-corrected chi connectivity index (χ0v) is 16.9. The number of nitrogens with zero attached hydrogens (tertiary/aromatic N) is 3. The molecule has 1 amide bonds. The number of alkyl halides is 3. The average molecular weight is 463 g/mol. The molecule has 32 heavy (non-hydrogen) atoms. The van der Waals surface area contributed by atoms with Crippen molar-refractivity contribution in [3.05, 3.63) is 81.1 Å². The zero-order valence-electron chi connectivity index (χ0n) is 16.1. The van der Waals surface area contributed by atoms with E-state index in [0.29, 0.717) is 10.6 Å². The Kier molecular flexibility index (Phi) is 6.62. The summed E-state index contributed by atoms with van der Waals surface area (Å²) in [5, 5.41) is 24.8. The molecule has 0 aliphatic heterocycles. The van der Waals surface area contributed by atoms with Crippen LogP contribution in [0.2, 0.25) is 5.02 Å². The van der Waals surface area contributed by atoms with Gasteiger partial charge in [-0.1, -0.05) is 29.8 Å². The van der Waals surface area contributed by atoms with Crippen LogP contribution in [0.25, 0.3) is 16.9 Å². The van der Waals surface area contributed by atoms with Gasteiger partial charge in [-0.3, -0.25) is 9.59 Å². The van der Waals surface area contributed by atoms with Gasteiger partial charge in [0, 0.05) is 10.6 Å². The third kappa shape index (κ3) is 5.14. The smallest absolute Gasteiger partial charge is 0.382 e. The van der Waals surface area contributed by atoms with Gasteiger partial charge >= 0.3 is 6.18 Å². The van der Waals surface area contributed by atoms with Crippen LogP contribution in [-0.2, 0) is 0 Å². The minimum absolute atomic E-state index is 0.158. The molecule has 0 spiro atoms. The molecule has 3 rings (SSSR count). The van der Waals surface area contributed by atoms with E-state index in [-0.39, 0.29) is 16.9 Å². The zero-order chi connectivity index (χ0) is 23.5. The highest BCUT2D eigenvalue weighted by molar-refractivity contribution is 6.30. The number of rotatable bonds is 5. The van der Waals surface area contributed by atoms with Crippen molar-refractivity contribution < 1.29 is 23.1 Å². The number of aliphatic hydroxyl groups is 1. The topological polar surface area (TPSA) is 108 Å². The van der Waals surface area contributed by atoms with E-state index in [0.717, 1.165) is 10.7 Å². The van der Waals surface area contributed by atoms with Crippen molar-refractivity contribution in [3.8, 4) is 23.0 Å². The van der Waals surface area contributed by atoms with Gasteiger partial charge in [0.1, 0.15) is 5.56 Å². The number of hydrogen-bond acceptors (Lipinski definition) is 5. The molecule has 1 aromatic heterocycles. The summed E-state index contributed by atoms with van der Waals surface area (Å²) in [6.45, 7) is -1.13. The first-order chi connectivity index (χ1) is 15.1. The van der Waals surface area contributed by atoms with Crippen molar-refractivity contribution in [1.82, 2.24) is 15.1 Å². The molecule has 1 unspecified atom stereocenters. The molecule has 0 aliphatic carbocycles. The van der Waals surface area contributed by atoms with Gasteiger partial charge in [-0.05, 0) is 36.4 Å². The third-order valence-corrected chi connectivity index (χ3v) is 4.60. The molecule has 0 aliphatic rings. The fourth-order valence-corrected chi connectivity index (χ4v) is 2.83. The molecule has 0 radical (unpaired) electrons. The summed E-state index contributed by atoms with van der Waals surface area (Å²) >= 11 is 5.89. The first-order valence-corrected chi connectivity index (χ1v) is 9.42. The Morgan fingerprint density at radius 3 is 2.53 bits per heavy atom. The lowest BCUT2D eigenvalue weighted by Crippen LogP contribution is -2.42. The van der Waals surface area contributed by atoms with Gasteiger partial charge in [-0.15, -0.1) is 0 Å². The minimum atomic E-state index is -4.93. The monoisotopic (exact) mass is 462 g/mol. The second-order valence-corrected chi connectivity index (χ2v) is 7.03. The van der Waals surface area contributed by atoms with Crippen molar-refractivity contribution in [2.24, 2.45) is 0 Å². The summed E-state index contributed by atoms with van der Waals surface area (Å²) in [7, 11) is 0. The molecule has 2 aromatic carbocycles. The van der Waals surface area contributed by atoms with Gasteiger partial charge in [-0.2, -0.15) is 28.2 Å². The first-order valence-electron chi connectivity index (χ1n) is 9.04. The van der Waals surface area contributed by atoms with E-state index in [1.54, 1.807) is 24.3 Å². The number of carbonyl (C=O) groups excluding carboxylic acids is 1. The second-order valence-electron chi connectivity index (χ2n) is 6.60. The van der Waals surface area contributed by atoms with Crippen LogP contribution < -0.4 is 10.9 Å². The van der Waals surface area contributed by atoms with Crippen LogP contribution >= 0.6 is 11.6 Å². The number of halogens is 4. The summed E-state index contributed by atoms with van der Waals surface area (Å²) in [6.07, 6.45) is -7.73. The lowest BCUT2D eigenvalue weighted by atomic mass is 10.1. The normalized spacial score (nSPS) is 12.1. The van der Waals surface area contributed by atoms with E-state index in [9.17, 15) is 22.8 Å². The quantitative estimate of drug-likeness (QED) is 0.606. The molecule has 164 valence electrons. The second kappa shape index (κ2) is 9.21. The lowest BCUT2D eigenvalue weighted by molar-refractivity contribution is -0.201. The van der Waals surface area contributed by atoms with E-state index in [4.69, 9.17) is 22.0 Å². The van der Waals surface area contributed by atoms with E-state index < -0.39 is 35.9 Å². The van der Waals surface area contributed by atoms with Gasteiger partial charge < -0.3 is 10.4 Å². The van der Waals surface area contributed by atoms with Crippen LogP contribution in [0, 0.1) is 11.3 Å². The molecule has 0 saturated carbocycles. The number of hydrogen-bond donors (Lipinski definition) is 2. The standard InChI is InChI=1S/C21H14ClF3N4O3/c22-14-6-4-13(5-7-14)17-9-16(19(31)27-11-18(30)21(23,24)25)20(32)29(28-17)15-3-1-2-12(8-15)10-26/h1-9,18,30H,11H2,(H,27,31). The Labute approximate surface area is 184 Å². The average Bonchev–Trinajstić information content (AvgIpc) is 2.77. The summed E-state index contributed by atoms with van der Waals surface area (Å²) in [5.41, 5.74) is -0.380. The van der Waals surface area contributed by atoms with Gasteiger partial charge in [-0.25, -0.2) is 0 Å². The number of nitriles is 1. The molecule has 1 heterocycles. The fourth-order valence-electron chi connectivity index (χ4n) is 2.70. The Balaban J connectivity index is 2.10. The maximum absolute atomic E-state index is 12.9. The highest BCUT2D eigenvalue weighted by Crippen LogP contribution is 2.21. The number of amides is 1. The third-order valence-electron chi connectivity index (χ3n) is 4.35. The van der Waals surface area contributed by atoms with Crippen LogP contribution in [0.3, 0.4) is 0 Å². The predicted molar refractivity (Wildman–Crippen MR) is 109 cm³/mol. The lowest BCUT2D eigenvalue weighted by Gasteiger charge is -2.15. The van der Waals surface area contributed by atoms with Gasteiger partial charge in [0.2, 0.25) is 0 Å². The molecule has 0 bridgehead atoms. The Morgan fingerprint density at radius 2 is 1.91 bits per heavy atom. The van der Waals surface area contributed by atoms with Gasteiger partial charge in [0.25, 0.3) is 11.5 Å². The number of nitrogens with one attached hydrogen (secondary N) is 1. The number of aliphatic hydroxyl groups excluding tert-OH is 1. The molecule has 2 N–H and O–H groups in total. The first kappa shape index (κ1) is 23.0. The molecule has 7 nitrogen and oxygen atoms in total.